The third-order valence-corrected chi connectivity index (χ3v) is 13.4. The Morgan fingerprint density at radius 1 is 0.417 bits per heavy atom. The van der Waals surface area contributed by atoms with E-state index in [2.05, 4.69) is 221 Å². The average Bonchev–Trinajstić information content (AvgIpc) is 3.66. The van der Waals surface area contributed by atoms with Crippen molar-refractivity contribution in [1.29, 1.82) is 0 Å². The van der Waals surface area contributed by atoms with Gasteiger partial charge in [0.15, 0.2) is 0 Å². The monoisotopic (exact) mass is 770 g/mol. The molecule has 9 aromatic rings. The number of aromatic nitrogens is 1. The zero-order valence-corrected chi connectivity index (χ0v) is 34.5. The third-order valence-electron chi connectivity index (χ3n) is 13.4. The van der Waals surface area contributed by atoms with Crippen LogP contribution in [0.4, 0.5) is 17.1 Å². The molecule has 1 unspecified atom stereocenters. The van der Waals surface area contributed by atoms with E-state index in [1.807, 2.05) is 12.3 Å². The summed E-state index contributed by atoms with van der Waals surface area (Å²) >= 11 is 0. The van der Waals surface area contributed by atoms with Crippen molar-refractivity contribution >= 4 is 27.8 Å². The van der Waals surface area contributed by atoms with Crippen LogP contribution in [0.1, 0.15) is 72.6 Å². The molecule has 60 heavy (non-hydrogen) atoms. The van der Waals surface area contributed by atoms with Gasteiger partial charge in [0.25, 0.3) is 0 Å². The maximum absolute atomic E-state index is 4.73. The number of pyridine rings is 1. The van der Waals surface area contributed by atoms with E-state index in [4.69, 9.17) is 4.98 Å². The van der Waals surface area contributed by atoms with E-state index >= 15 is 0 Å². The van der Waals surface area contributed by atoms with Crippen LogP contribution in [0.2, 0.25) is 0 Å². The van der Waals surface area contributed by atoms with Gasteiger partial charge < -0.3 is 4.90 Å². The van der Waals surface area contributed by atoms with Crippen molar-refractivity contribution in [3.8, 4) is 33.5 Å². The van der Waals surface area contributed by atoms with Crippen molar-refractivity contribution in [2.24, 2.45) is 0 Å². The largest absolute Gasteiger partial charge is 0.310 e. The van der Waals surface area contributed by atoms with Gasteiger partial charge in [0.2, 0.25) is 0 Å². The van der Waals surface area contributed by atoms with Gasteiger partial charge in [0, 0.05) is 45.3 Å². The molecule has 0 aliphatic heterocycles. The highest BCUT2D eigenvalue weighted by Crippen LogP contribution is 2.54. The topological polar surface area (TPSA) is 16.1 Å². The van der Waals surface area contributed by atoms with Gasteiger partial charge in [-0.2, -0.15) is 0 Å². The lowest BCUT2D eigenvalue weighted by molar-refractivity contribution is 0.658. The molecular weight excluding hydrogens is 725 g/mol. The second kappa shape index (κ2) is 13.8. The molecule has 0 saturated carbocycles. The molecule has 0 spiro atoms. The highest BCUT2D eigenvalue weighted by molar-refractivity contribution is 6.05. The number of rotatable bonds is 7. The van der Waals surface area contributed by atoms with Crippen molar-refractivity contribution in [3.05, 3.63) is 239 Å². The number of para-hydroxylation sites is 1. The fraction of sp³-hybridized carbons (Fsp3) is 0.121. The van der Waals surface area contributed by atoms with Crippen molar-refractivity contribution in [1.82, 2.24) is 4.98 Å². The second-order valence-electron chi connectivity index (χ2n) is 17.5. The van der Waals surface area contributed by atoms with Crippen LogP contribution in [-0.4, -0.2) is 4.98 Å². The molecule has 1 heterocycles. The summed E-state index contributed by atoms with van der Waals surface area (Å²) in [5.74, 6) is -0.00448. The normalized spacial score (nSPS) is 14.5. The molecule has 1 atom stereocenters. The van der Waals surface area contributed by atoms with E-state index in [1.54, 1.807) is 0 Å². The lowest BCUT2D eigenvalue weighted by atomic mass is 9.77. The summed E-state index contributed by atoms with van der Waals surface area (Å²) in [6.45, 7) is 9.54. The van der Waals surface area contributed by atoms with Crippen molar-refractivity contribution in [2.45, 2.75) is 44.4 Å². The van der Waals surface area contributed by atoms with Gasteiger partial charge in [0.05, 0.1) is 11.4 Å². The summed E-state index contributed by atoms with van der Waals surface area (Å²) in [7, 11) is 0. The molecule has 0 N–H and O–H groups in total. The van der Waals surface area contributed by atoms with Crippen molar-refractivity contribution in [3.63, 3.8) is 0 Å². The Balaban J connectivity index is 1.19. The molecule has 2 aliphatic rings. The van der Waals surface area contributed by atoms with Gasteiger partial charge >= 0.3 is 0 Å². The predicted molar refractivity (Wildman–Crippen MR) is 251 cm³/mol. The van der Waals surface area contributed by atoms with Crippen LogP contribution in [-0.2, 0) is 10.8 Å². The molecule has 2 heteroatoms. The molecule has 1 aromatic heterocycles. The Morgan fingerprint density at radius 3 is 1.75 bits per heavy atom. The summed E-state index contributed by atoms with van der Waals surface area (Å²) in [6, 6.07) is 71.9. The minimum absolute atomic E-state index is 0.00448. The number of hydrogen-bond donors (Lipinski definition) is 0. The lowest BCUT2D eigenvalue weighted by Gasteiger charge is -2.30. The van der Waals surface area contributed by atoms with E-state index in [1.165, 1.54) is 72.0 Å². The fourth-order valence-electron chi connectivity index (χ4n) is 10.4. The first kappa shape index (κ1) is 36.1. The zero-order chi connectivity index (χ0) is 40.6. The van der Waals surface area contributed by atoms with Crippen molar-refractivity contribution in [2.75, 3.05) is 4.90 Å². The molecule has 0 fully saturated rings. The zero-order valence-electron chi connectivity index (χ0n) is 34.5. The van der Waals surface area contributed by atoms with Crippen LogP contribution in [0, 0.1) is 0 Å². The molecule has 2 nitrogen and oxygen atoms in total. The molecule has 0 saturated heterocycles. The smallest absolute Gasteiger partial charge is 0.0702 e. The maximum Gasteiger partial charge on any atom is 0.0702 e. The first-order valence-electron chi connectivity index (χ1n) is 21.2. The van der Waals surface area contributed by atoms with E-state index in [9.17, 15) is 0 Å². The first-order valence-corrected chi connectivity index (χ1v) is 21.2. The number of nitrogens with zero attached hydrogens (tertiary/aromatic N) is 2. The van der Waals surface area contributed by atoms with Crippen LogP contribution in [0.25, 0.3) is 44.3 Å². The van der Waals surface area contributed by atoms with Crippen LogP contribution >= 0.6 is 0 Å². The first-order chi connectivity index (χ1) is 29.3. The summed E-state index contributed by atoms with van der Waals surface area (Å²) in [5.41, 5.74) is 19.8. The van der Waals surface area contributed by atoms with Crippen LogP contribution in [0.15, 0.2) is 200 Å². The summed E-state index contributed by atoms with van der Waals surface area (Å²) in [6.07, 6.45) is 1.87. The number of anilines is 3. The van der Waals surface area contributed by atoms with Gasteiger partial charge in [-0.05, 0) is 121 Å². The van der Waals surface area contributed by atoms with Crippen molar-refractivity contribution < 1.29 is 0 Å². The standard InChI is InChI=1S/C58H46N2/c1-57(2)50-26-13-11-24-43(50)45-30-29-40(35-52(45)57)56(38-18-7-5-8-19-38)46-31-32-55(49-36-48-44-25-12-14-27-51(44)58(3,4)53(48)37-47(46)49)60(41-21-9-6-10-22-41)42-23-17-20-39(34-42)54-28-15-16-33-59-54/h5-37,56H,1-4H3. The van der Waals surface area contributed by atoms with Crippen LogP contribution in [0.5, 0.6) is 0 Å². The highest BCUT2D eigenvalue weighted by atomic mass is 15.1. The Kier molecular flexibility index (Phi) is 8.29. The quantitative estimate of drug-likeness (QED) is 0.150. The third kappa shape index (κ3) is 5.58. The van der Waals surface area contributed by atoms with Gasteiger partial charge in [-0.15, -0.1) is 0 Å². The lowest BCUT2D eigenvalue weighted by Crippen LogP contribution is -2.16. The highest BCUT2D eigenvalue weighted by Gasteiger charge is 2.38. The molecule has 0 amide bonds. The van der Waals surface area contributed by atoms with E-state index in [0.29, 0.717) is 0 Å². The van der Waals surface area contributed by atoms with Gasteiger partial charge in [0.1, 0.15) is 0 Å². The Bertz CT molecular complexity index is 3090. The Morgan fingerprint density at radius 2 is 1.03 bits per heavy atom. The maximum atomic E-state index is 4.73. The van der Waals surface area contributed by atoms with Crippen LogP contribution < -0.4 is 4.90 Å². The molecule has 8 aromatic carbocycles. The number of hydrogen-bond acceptors (Lipinski definition) is 2. The van der Waals surface area contributed by atoms with Gasteiger partial charge in [-0.1, -0.05) is 167 Å². The second-order valence-corrected chi connectivity index (χ2v) is 17.5. The Hall–Kier alpha value is -7.03. The molecule has 288 valence electrons. The fourth-order valence-corrected chi connectivity index (χ4v) is 10.4. The number of benzene rings is 8. The summed E-state index contributed by atoms with van der Waals surface area (Å²) < 4.78 is 0. The van der Waals surface area contributed by atoms with E-state index < -0.39 is 0 Å². The van der Waals surface area contributed by atoms with E-state index in [0.717, 1.165) is 28.3 Å². The minimum atomic E-state index is -0.158. The summed E-state index contributed by atoms with van der Waals surface area (Å²) in [4.78, 5) is 7.17. The van der Waals surface area contributed by atoms with Gasteiger partial charge in [-0.3, -0.25) is 4.98 Å². The SMILES string of the molecule is CC1(C)c2ccccc2-c2ccc(C(c3ccccc3)c3ccc(N(c4ccccc4)c4cccc(-c5ccccn5)c4)c4cc5c(cc34)C(C)(C)c3ccccc3-5)cc21. The molecule has 0 radical (unpaired) electrons. The van der Waals surface area contributed by atoms with Gasteiger partial charge in [-0.25, -0.2) is 0 Å². The Labute approximate surface area is 353 Å². The molecule has 2 aliphatic carbocycles. The molecule has 11 rings (SSSR count). The minimum Gasteiger partial charge on any atom is -0.310 e. The summed E-state index contributed by atoms with van der Waals surface area (Å²) in [5, 5.41) is 2.49. The van der Waals surface area contributed by atoms with E-state index in [-0.39, 0.29) is 16.7 Å². The number of fused-ring (bicyclic) bond motifs is 7. The predicted octanol–water partition coefficient (Wildman–Crippen LogP) is 15.2. The van der Waals surface area contributed by atoms with Crippen LogP contribution in [0.3, 0.4) is 0 Å². The molecule has 0 bridgehead atoms. The molecular formula is C58H46N2. The average molecular weight is 771 g/mol.